The van der Waals surface area contributed by atoms with E-state index in [-0.39, 0.29) is 5.69 Å². The maximum Gasteiger partial charge on any atom is 0.328 e. The molecule has 0 N–H and O–H groups in total. The number of fused-ring (bicyclic) bond motifs is 1. The van der Waals surface area contributed by atoms with Gasteiger partial charge in [-0.15, -0.1) is 5.10 Å². The third kappa shape index (κ3) is 2.96. The summed E-state index contributed by atoms with van der Waals surface area (Å²) in [6.07, 6.45) is 4.50. The number of rotatable bonds is 4. The molecule has 0 bridgehead atoms. The summed E-state index contributed by atoms with van der Waals surface area (Å²) in [5.74, 6) is 0.481. The SMILES string of the molecule is CCN1CCCC(c2cn(Cc3ccc4c(c3)n(C)c(=O)n4C)nn2)C1. The van der Waals surface area contributed by atoms with Crippen molar-refractivity contribution in [1.29, 1.82) is 0 Å². The number of hydrogen-bond acceptors (Lipinski definition) is 4. The Kier molecular flexibility index (Phi) is 4.40. The summed E-state index contributed by atoms with van der Waals surface area (Å²) in [6, 6.07) is 6.13. The van der Waals surface area contributed by atoms with Gasteiger partial charge in [-0.1, -0.05) is 18.2 Å². The van der Waals surface area contributed by atoms with Crippen LogP contribution in [0.3, 0.4) is 0 Å². The lowest BCUT2D eigenvalue weighted by atomic mass is 9.95. The van der Waals surface area contributed by atoms with E-state index < -0.39 is 0 Å². The van der Waals surface area contributed by atoms with Crippen molar-refractivity contribution in [3.63, 3.8) is 0 Å². The lowest BCUT2D eigenvalue weighted by molar-refractivity contribution is 0.216. The van der Waals surface area contributed by atoms with E-state index >= 15 is 0 Å². The van der Waals surface area contributed by atoms with Gasteiger partial charge in [0.15, 0.2) is 0 Å². The van der Waals surface area contributed by atoms with Crippen LogP contribution in [-0.2, 0) is 20.6 Å². The Bertz CT molecular complexity index is 982. The lowest BCUT2D eigenvalue weighted by Crippen LogP contribution is -2.34. The topological polar surface area (TPSA) is 60.9 Å². The second kappa shape index (κ2) is 6.72. The van der Waals surface area contributed by atoms with E-state index in [1.54, 1.807) is 16.2 Å². The molecule has 1 atom stereocenters. The smallest absolute Gasteiger partial charge is 0.303 e. The van der Waals surface area contributed by atoms with Crippen molar-refractivity contribution in [2.24, 2.45) is 14.1 Å². The molecular weight excluding hydrogens is 328 g/mol. The molecule has 1 unspecified atom stereocenters. The minimum atomic E-state index is -0.00188. The van der Waals surface area contributed by atoms with Crippen LogP contribution in [0.1, 0.15) is 36.9 Å². The highest BCUT2D eigenvalue weighted by atomic mass is 16.1. The molecule has 1 aliphatic heterocycles. The third-order valence-electron chi connectivity index (χ3n) is 5.61. The zero-order chi connectivity index (χ0) is 18.3. The monoisotopic (exact) mass is 354 g/mol. The predicted octanol–water partition coefficient (Wildman–Crippen LogP) is 1.72. The molecule has 3 aromatic rings. The minimum absolute atomic E-state index is 0.00188. The normalized spacial score (nSPS) is 18.7. The molecule has 0 radical (unpaired) electrons. The van der Waals surface area contributed by atoms with Crippen LogP contribution in [0.25, 0.3) is 11.0 Å². The summed E-state index contributed by atoms with van der Waals surface area (Å²) >= 11 is 0. The number of benzene rings is 1. The van der Waals surface area contributed by atoms with Gasteiger partial charge in [0, 0.05) is 32.8 Å². The second-order valence-corrected chi connectivity index (χ2v) is 7.30. The first-order valence-corrected chi connectivity index (χ1v) is 9.33. The highest BCUT2D eigenvalue weighted by Crippen LogP contribution is 2.25. The molecule has 0 amide bonds. The van der Waals surface area contributed by atoms with Crippen molar-refractivity contribution in [3.8, 4) is 0 Å². The average Bonchev–Trinajstić information content (AvgIpc) is 3.22. The molecular formula is C19H26N6O. The van der Waals surface area contributed by atoms with E-state index in [0.717, 1.165) is 35.4 Å². The van der Waals surface area contributed by atoms with Gasteiger partial charge in [0.25, 0.3) is 0 Å². The van der Waals surface area contributed by atoms with Gasteiger partial charge < -0.3 is 4.90 Å². The molecule has 2 aromatic heterocycles. The van der Waals surface area contributed by atoms with Gasteiger partial charge in [-0.3, -0.25) is 9.13 Å². The Morgan fingerprint density at radius 1 is 1.19 bits per heavy atom. The summed E-state index contributed by atoms with van der Waals surface area (Å²) in [5, 5.41) is 8.77. The number of nitrogens with zero attached hydrogens (tertiary/aromatic N) is 6. The first-order valence-electron chi connectivity index (χ1n) is 9.33. The van der Waals surface area contributed by atoms with Crippen molar-refractivity contribution in [2.45, 2.75) is 32.2 Å². The van der Waals surface area contributed by atoms with Crippen LogP contribution in [0, 0.1) is 0 Å². The number of aryl methyl sites for hydroxylation is 2. The quantitative estimate of drug-likeness (QED) is 0.716. The Morgan fingerprint density at radius 3 is 2.81 bits per heavy atom. The highest BCUT2D eigenvalue weighted by molar-refractivity contribution is 5.76. The molecule has 0 spiro atoms. The van der Waals surface area contributed by atoms with E-state index in [2.05, 4.69) is 40.5 Å². The molecule has 4 rings (SSSR count). The zero-order valence-electron chi connectivity index (χ0n) is 15.7. The predicted molar refractivity (Wildman–Crippen MR) is 101 cm³/mol. The van der Waals surface area contributed by atoms with Crippen LogP contribution < -0.4 is 5.69 Å². The standard InChI is InChI=1S/C19H26N6O/c1-4-24-9-5-6-15(12-24)16-13-25(21-20-16)11-14-7-8-17-18(10-14)23(3)19(26)22(17)2/h7-8,10,13,15H,4-6,9,11-12H2,1-3H3. The zero-order valence-corrected chi connectivity index (χ0v) is 15.7. The first-order chi connectivity index (χ1) is 12.6. The molecule has 1 aliphatic rings. The number of piperidine rings is 1. The molecule has 3 heterocycles. The number of imidazole rings is 1. The van der Waals surface area contributed by atoms with E-state index in [1.807, 2.05) is 17.8 Å². The maximum atomic E-state index is 12.1. The van der Waals surface area contributed by atoms with Crippen LogP contribution in [0.15, 0.2) is 29.2 Å². The molecule has 7 heteroatoms. The third-order valence-corrected chi connectivity index (χ3v) is 5.61. The number of aromatic nitrogens is 5. The van der Waals surface area contributed by atoms with Gasteiger partial charge in [0.05, 0.1) is 23.3 Å². The van der Waals surface area contributed by atoms with Crippen LogP contribution in [-0.4, -0.2) is 48.7 Å². The van der Waals surface area contributed by atoms with E-state index in [1.165, 1.54) is 19.4 Å². The van der Waals surface area contributed by atoms with Crippen molar-refractivity contribution in [2.75, 3.05) is 19.6 Å². The molecule has 7 nitrogen and oxygen atoms in total. The Balaban J connectivity index is 1.55. The summed E-state index contributed by atoms with van der Waals surface area (Å²) in [6.45, 7) is 6.24. The summed E-state index contributed by atoms with van der Waals surface area (Å²) in [7, 11) is 3.61. The molecule has 138 valence electrons. The van der Waals surface area contributed by atoms with Crippen molar-refractivity contribution >= 4 is 11.0 Å². The number of hydrogen-bond donors (Lipinski definition) is 0. The fourth-order valence-corrected chi connectivity index (χ4v) is 4.00. The van der Waals surface area contributed by atoms with Crippen molar-refractivity contribution in [3.05, 3.63) is 46.1 Å². The summed E-state index contributed by atoms with van der Waals surface area (Å²) in [5.41, 5.74) is 4.10. The minimum Gasteiger partial charge on any atom is -0.303 e. The Labute approximate surface area is 152 Å². The second-order valence-electron chi connectivity index (χ2n) is 7.30. The van der Waals surface area contributed by atoms with Gasteiger partial charge in [-0.25, -0.2) is 9.48 Å². The van der Waals surface area contributed by atoms with Gasteiger partial charge >= 0.3 is 5.69 Å². The van der Waals surface area contributed by atoms with Gasteiger partial charge in [0.2, 0.25) is 0 Å². The van der Waals surface area contributed by atoms with E-state index in [0.29, 0.717) is 12.5 Å². The highest BCUT2D eigenvalue weighted by Gasteiger charge is 2.22. The molecule has 0 saturated carbocycles. The Hall–Kier alpha value is -2.41. The fourth-order valence-electron chi connectivity index (χ4n) is 4.00. The first kappa shape index (κ1) is 17.0. The average molecular weight is 354 g/mol. The number of likely N-dealkylation sites (tertiary alicyclic amines) is 1. The van der Waals surface area contributed by atoms with Gasteiger partial charge in [-0.2, -0.15) is 0 Å². The summed E-state index contributed by atoms with van der Waals surface area (Å²) < 4.78 is 5.27. The van der Waals surface area contributed by atoms with Crippen LogP contribution in [0.2, 0.25) is 0 Å². The maximum absolute atomic E-state index is 12.1. The van der Waals surface area contributed by atoms with Crippen LogP contribution in [0.4, 0.5) is 0 Å². The molecule has 1 saturated heterocycles. The van der Waals surface area contributed by atoms with Crippen LogP contribution >= 0.6 is 0 Å². The van der Waals surface area contributed by atoms with Gasteiger partial charge in [0.1, 0.15) is 0 Å². The Morgan fingerprint density at radius 2 is 2.00 bits per heavy atom. The lowest BCUT2D eigenvalue weighted by Gasteiger charge is -2.30. The largest absolute Gasteiger partial charge is 0.328 e. The van der Waals surface area contributed by atoms with E-state index in [4.69, 9.17) is 0 Å². The molecule has 1 fully saturated rings. The molecule has 1 aromatic carbocycles. The molecule has 26 heavy (non-hydrogen) atoms. The van der Waals surface area contributed by atoms with Crippen molar-refractivity contribution < 1.29 is 0 Å². The number of likely N-dealkylation sites (N-methyl/N-ethyl adjacent to an activating group) is 1. The van der Waals surface area contributed by atoms with Crippen LogP contribution in [0.5, 0.6) is 0 Å². The molecule has 0 aliphatic carbocycles. The van der Waals surface area contributed by atoms with E-state index in [9.17, 15) is 4.79 Å². The van der Waals surface area contributed by atoms with Crippen molar-refractivity contribution in [1.82, 2.24) is 29.0 Å². The summed E-state index contributed by atoms with van der Waals surface area (Å²) in [4.78, 5) is 14.6. The van der Waals surface area contributed by atoms with Gasteiger partial charge in [-0.05, 0) is 43.6 Å². The fraction of sp³-hybridized carbons (Fsp3) is 0.526.